The molecule has 0 atom stereocenters. The number of fused-ring (bicyclic) bond motifs is 6. The largest absolute Gasteiger partial charge is 0.438 e. The molecule has 11 aromatic rings. The van der Waals surface area contributed by atoms with Crippen LogP contribution in [0.2, 0.25) is 0 Å². The van der Waals surface area contributed by atoms with Crippen molar-refractivity contribution in [3.8, 4) is 33.4 Å². The fraction of sp³-hybridized carbons (Fsp3) is 0. The molecule has 2 heterocycles. The van der Waals surface area contributed by atoms with Gasteiger partial charge < -0.3 is 9.32 Å². The molecule has 0 radical (unpaired) electrons. The summed E-state index contributed by atoms with van der Waals surface area (Å²) in [5.41, 5.74) is 11.7. The van der Waals surface area contributed by atoms with E-state index in [4.69, 9.17) is 9.40 Å². The standard InChI is InChI=1S/C53H34N2O/c1-2-11-36(12-3-1)48-30-25-37-14-7-9-19-47(37)52(48)39-23-28-43(29-24-39)55(42-26-21-38(22-27-42)46-20-10-17-35-13-6-8-18-45(35)46)44-33-50-49-31-40-15-4-5-16-41(40)32-51(49)56-53(50)54-34-44/h1-34H. The average Bonchev–Trinajstić information content (AvgIpc) is 3.62. The number of benzene rings is 9. The third-order valence-corrected chi connectivity index (χ3v) is 11.1. The monoisotopic (exact) mass is 714 g/mol. The Morgan fingerprint density at radius 1 is 0.357 bits per heavy atom. The van der Waals surface area contributed by atoms with Gasteiger partial charge in [0, 0.05) is 16.8 Å². The second-order valence-electron chi connectivity index (χ2n) is 14.4. The number of hydrogen-bond acceptors (Lipinski definition) is 3. The molecule has 11 rings (SSSR count). The van der Waals surface area contributed by atoms with Gasteiger partial charge >= 0.3 is 0 Å². The van der Waals surface area contributed by atoms with Crippen LogP contribution in [0.4, 0.5) is 17.1 Å². The van der Waals surface area contributed by atoms with Crippen LogP contribution in [0, 0.1) is 0 Å². The maximum atomic E-state index is 6.32. The number of anilines is 3. The van der Waals surface area contributed by atoms with Crippen LogP contribution in [0.5, 0.6) is 0 Å². The highest BCUT2D eigenvalue weighted by Gasteiger charge is 2.19. The second kappa shape index (κ2) is 13.1. The molecule has 0 bridgehead atoms. The van der Waals surface area contributed by atoms with Crippen molar-refractivity contribution in [1.82, 2.24) is 4.98 Å². The summed E-state index contributed by atoms with van der Waals surface area (Å²) in [6.07, 6.45) is 1.93. The highest BCUT2D eigenvalue weighted by atomic mass is 16.3. The van der Waals surface area contributed by atoms with Crippen LogP contribution >= 0.6 is 0 Å². The minimum Gasteiger partial charge on any atom is -0.438 e. The molecular weight excluding hydrogens is 681 g/mol. The third-order valence-electron chi connectivity index (χ3n) is 11.1. The lowest BCUT2D eigenvalue weighted by molar-refractivity contribution is 0.654. The molecule has 0 saturated carbocycles. The fourth-order valence-electron chi connectivity index (χ4n) is 8.39. The van der Waals surface area contributed by atoms with Gasteiger partial charge in [0.05, 0.1) is 17.3 Å². The first-order valence-corrected chi connectivity index (χ1v) is 19.0. The SMILES string of the molecule is c1ccc(-c2ccc3ccccc3c2-c2ccc(N(c3ccc(-c4cccc5ccccc45)cc3)c3cnc4oc5cc6ccccc6cc5c4c3)cc2)cc1. The maximum Gasteiger partial charge on any atom is 0.227 e. The van der Waals surface area contributed by atoms with E-state index in [1.807, 2.05) is 6.20 Å². The maximum absolute atomic E-state index is 6.32. The van der Waals surface area contributed by atoms with Crippen molar-refractivity contribution in [1.29, 1.82) is 0 Å². The molecule has 0 aliphatic carbocycles. The predicted molar refractivity (Wildman–Crippen MR) is 235 cm³/mol. The molecule has 262 valence electrons. The Morgan fingerprint density at radius 3 is 1.70 bits per heavy atom. The van der Waals surface area contributed by atoms with Gasteiger partial charge in [-0.05, 0) is 108 Å². The molecule has 0 spiro atoms. The number of nitrogens with zero attached hydrogens (tertiary/aromatic N) is 2. The van der Waals surface area contributed by atoms with E-state index in [-0.39, 0.29) is 0 Å². The first kappa shape index (κ1) is 32.0. The van der Waals surface area contributed by atoms with Crippen LogP contribution in [-0.2, 0) is 0 Å². The van der Waals surface area contributed by atoms with Crippen molar-refractivity contribution in [2.45, 2.75) is 0 Å². The van der Waals surface area contributed by atoms with Crippen LogP contribution in [-0.4, -0.2) is 4.98 Å². The molecule has 0 fully saturated rings. The van der Waals surface area contributed by atoms with Crippen molar-refractivity contribution >= 4 is 71.4 Å². The summed E-state index contributed by atoms with van der Waals surface area (Å²) in [4.78, 5) is 7.21. The Morgan fingerprint density at radius 2 is 0.946 bits per heavy atom. The van der Waals surface area contributed by atoms with E-state index in [1.165, 1.54) is 54.7 Å². The van der Waals surface area contributed by atoms with Crippen molar-refractivity contribution in [3.05, 3.63) is 206 Å². The number of furan rings is 1. The van der Waals surface area contributed by atoms with Gasteiger partial charge in [-0.25, -0.2) is 4.98 Å². The van der Waals surface area contributed by atoms with E-state index in [2.05, 4.69) is 205 Å². The Labute approximate surface area is 324 Å². The fourth-order valence-corrected chi connectivity index (χ4v) is 8.39. The molecule has 56 heavy (non-hydrogen) atoms. The molecule has 3 heteroatoms. The first-order valence-electron chi connectivity index (χ1n) is 19.0. The van der Waals surface area contributed by atoms with E-state index >= 15 is 0 Å². The van der Waals surface area contributed by atoms with Gasteiger partial charge in [0.25, 0.3) is 0 Å². The quantitative estimate of drug-likeness (QED) is 0.172. The summed E-state index contributed by atoms with van der Waals surface area (Å²) in [5, 5.41) is 9.29. The lowest BCUT2D eigenvalue weighted by Gasteiger charge is -2.26. The Bertz CT molecular complexity index is 3230. The number of hydrogen-bond donors (Lipinski definition) is 0. The summed E-state index contributed by atoms with van der Waals surface area (Å²) in [6, 6.07) is 71.7. The zero-order chi connectivity index (χ0) is 37.0. The van der Waals surface area contributed by atoms with Crippen LogP contribution in [0.1, 0.15) is 0 Å². The highest BCUT2D eigenvalue weighted by molar-refractivity contribution is 6.10. The average molecular weight is 715 g/mol. The summed E-state index contributed by atoms with van der Waals surface area (Å²) < 4.78 is 6.32. The first-order chi connectivity index (χ1) is 27.7. The summed E-state index contributed by atoms with van der Waals surface area (Å²) in [7, 11) is 0. The predicted octanol–water partition coefficient (Wildman–Crippen LogP) is 14.9. The van der Waals surface area contributed by atoms with Crippen LogP contribution in [0.25, 0.3) is 87.8 Å². The third kappa shape index (κ3) is 5.40. The molecule has 3 nitrogen and oxygen atoms in total. The molecule has 0 saturated heterocycles. The summed E-state index contributed by atoms with van der Waals surface area (Å²) in [5.74, 6) is 0. The van der Waals surface area contributed by atoms with E-state index < -0.39 is 0 Å². The number of aromatic nitrogens is 1. The van der Waals surface area contributed by atoms with E-state index in [1.54, 1.807) is 0 Å². The van der Waals surface area contributed by atoms with Gasteiger partial charge in [0.15, 0.2) is 0 Å². The van der Waals surface area contributed by atoms with Crippen molar-refractivity contribution in [2.24, 2.45) is 0 Å². The topological polar surface area (TPSA) is 29.3 Å². The normalized spacial score (nSPS) is 11.6. The highest BCUT2D eigenvalue weighted by Crippen LogP contribution is 2.43. The van der Waals surface area contributed by atoms with E-state index in [0.717, 1.165) is 44.4 Å². The molecule has 0 N–H and O–H groups in total. The van der Waals surface area contributed by atoms with Gasteiger partial charge in [0.1, 0.15) is 5.58 Å². The van der Waals surface area contributed by atoms with Gasteiger partial charge in [-0.15, -0.1) is 0 Å². The molecule has 0 aliphatic heterocycles. The molecular formula is C53H34N2O. The van der Waals surface area contributed by atoms with Crippen LogP contribution < -0.4 is 4.90 Å². The van der Waals surface area contributed by atoms with Crippen LogP contribution in [0.15, 0.2) is 211 Å². The number of rotatable bonds is 6. The van der Waals surface area contributed by atoms with Crippen molar-refractivity contribution < 1.29 is 4.42 Å². The zero-order valence-electron chi connectivity index (χ0n) is 30.4. The Kier molecular flexibility index (Phi) is 7.49. The lowest BCUT2D eigenvalue weighted by Crippen LogP contribution is -2.10. The summed E-state index contributed by atoms with van der Waals surface area (Å²) in [6.45, 7) is 0. The second-order valence-corrected chi connectivity index (χ2v) is 14.4. The lowest BCUT2D eigenvalue weighted by atomic mass is 9.89. The molecule has 0 aliphatic rings. The molecule has 9 aromatic carbocycles. The van der Waals surface area contributed by atoms with Gasteiger partial charge in [-0.1, -0.05) is 158 Å². The van der Waals surface area contributed by atoms with Crippen molar-refractivity contribution in [2.75, 3.05) is 4.90 Å². The zero-order valence-corrected chi connectivity index (χ0v) is 30.4. The summed E-state index contributed by atoms with van der Waals surface area (Å²) >= 11 is 0. The minimum absolute atomic E-state index is 0.630. The van der Waals surface area contributed by atoms with Gasteiger partial charge in [0.2, 0.25) is 5.71 Å². The molecule has 0 unspecified atom stereocenters. The molecule has 0 amide bonds. The van der Waals surface area contributed by atoms with Crippen LogP contribution in [0.3, 0.4) is 0 Å². The minimum atomic E-state index is 0.630. The molecule has 2 aromatic heterocycles. The smallest absolute Gasteiger partial charge is 0.227 e. The van der Waals surface area contributed by atoms with Gasteiger partial charge in [-0.2, -0.15) is 0 Å². The van der Waals surface area contributed by atoms with E-state index in [0.29, 0.717) is 5.71 Å². The Hall–Kier alpha value is -7.49. The Balaban J connectivity index is 1.07. The number of pyridine rings is 1. The van der Waals surface area contributed by atoms with E-state index in [9.17, 15) is 0 Å². The van der Waals surface area contributed by atoms with Crippen molar-refractivity contribution in [3.63, 3.8) is 0 Å². The van der Waals surface area contributed by atoms with Gasteiger partial charge in [-0.3, -0.25) is 0 Å².